The molecular weight excluding hydrogens is 224 g/mol. The van der Waals surface area contributed by atoms with Crippen molar-refractivity contribution < 1.29 is 7.84 Å². The molecule has 1 unspecified atom stereocenters. The molecule has 0 bridgehead atoms. The zero-order valence-electron chi connectivity index (χ0n) is 9.04. The van der Waals surface area contributed by atoms with Crippen LogP contribution in [0.3, 0.4) is 0 Å². The first-order chi connectivity index (χ1) is 5.60. The summed E-state index contributed by atoms with van der Waals surface area (Å²) in [6.45, 7) is 12.1. The van der Waals surface area contributed by atoms with Crippen LogP contribution in [0.4, 0.5) is 0 Å². The van der Waals surface area contributed by atoms with E-state index in [1.807, 2.05) is 41.5 Å². The largest absolute Gasteiger partial charge is 0.231 e. The molecule has 0 amide bonds. The van der Waals surface area contributed by atoms with Crippen LogP contribution in [0.5, 0.6) is 0 Å². The fourth-order valence-electron chi connectivity index (χ4n) is 0.348. The lowest BCUT2D eigenvalue weighted by Gasteiger charge is -2.18. The van der Waals surface area contributed by atoms with Gasteiger partial charge in [0.1, 0.15) is 0 Å². The van der Waals surface area contributed by atoms with Crippen molar-refractivity contribution >= 4 is 32.9 Å². The summed E-state index contributed by atoms with van der Waals surface area (Å²) in [5.74, 6) is 0. The summed E-state index contributed by atoms with van der Waals surface area (Å²) in [6.07, 6.45) is 0. The van der Waals surface area contributed by atoms with E-state index in [1.165, 1.54) is 22.8 Å². The molecule has 13 heavy (non-hydrogen) atoms. The van der Waals surface area contributed by atoms with Gasteiger partial charge >= 0.3 is 0 Å². The highest BCUT2D eigenvalue weighted by atomic mass is 33.1. The third kappa shape index (κ3) is 10.7. The Kier molecular flexibility index (Phi) is 5.36. The predicted octanol–water partition coefficient (Wildman–Crippen LogP) is 3.56. The highest BCUT2D eigenvalue weighted by molar-refractivity contribution is 8.68. The van der Waals surface area contributed by atoms with Crippen LogP contribution in [0.25, 0.3) is 0 Å². The van der Waals surface area contributed by atoms with Crippen molar-refractivity contribution in [3.05, 3.63) is 0 Å². The summed E-state index contributed by atoms with van der Waals surface area (Å²) >= 11 is 1.26. The first-order valence-electron chi connectivity index (χ1n) is 4.07. The summed E-state index contributed by atoms with van der Waals surface area (Å²) in [7, 11) is 0.0702. The number of hydrogen-bond donors (Lipinski definition) is 0. The van der Waals surface area contributed by atoms with Crippen molar-refractivity contribution in [1.29, 1.82) is 0 Å². The number of rotatable bonds is 3. The smallest absolute Gasteiger partial charge is 0.216 e. The van der Waals surface area contributed by atoms with Crippen LogP contribution in [0.2, 0.25) is 0 Å². The van der Waals surface area contributed by atoms with Crippen LogP contribution in [0.1, 0.15) is 41.5 Å². The molecule has 0 aliphatic rings. The van der Waals surface area contributed by atoms with Gasteiger partial charge in [-0.2, -0.15) is 0 Å². The summed E-state index contributed by atoms with van der Waals surface area (Å²) in [5.41, 5.74) is 0. The van der Waals surface area contributed by atoms with Gasteiger partial charge < -0.3 is 0 Å². The lowest BCUT2D eigenvalue weighted by atomic mass is 10.3. The zero-order valence-corrected chi connectivity index (χ0v) is 11.5. The number of hydrogen-bond acceptors (Lipinski definition) is 4. The maximum Gasteiger partial charge on any atom is 0.231 e. The Morgan fingerprint density at radius 3 is 1.77 bits per heavy atom. The van der Waals surface area contributed by atoms with Gasteiger partial charge in [0.2, 0.25) is 10.1 Å². The molecule has 0 aliphatic carbocycles. The normalized spacial score (nSPS) is 15.8. The molecule has 0 aliphatic heterocycles. The lowest BCUT2D eigenvalue weighted by Crippen LogP contribution is -2.12. The summed E-state index contributed by atoms with van der Waals surface area (Å²) in [6, 6.07) is 0. The second-order valence-corrected chi connectivity index (χ2v) is 9.72. The van der Waals surface area contributed by atoms with E-state index >= 15 is 0 Å². The van der Waals surface area contributed by atoms with Gasteiger partial charge in [-0.3, -0.25) is 0 Å². The second-order valence-electron chi connectivity index (χ2n) is 4.66. The van der Waals surface area contributed by atoms with E-state index in [4.69, 9.17) is 3.63 Å². The molecule has 80 valence electrons. The molecule has 2 nitrogen and oxygen atoms in total. The van der Waals surface area contributed by atoms with Crippen LogP contribution in [-0.2, 0) is 13.7 Å². The van der Waals surface area contributed by atoms with Crippen molar-refractivity contribution in [2.45, 2.75) is 51.0 Å². The summed E-state index contributed by atoms with van der Waals surface area (Å²) < 4.78 is 16.4. The van der Waals surface area contributed by atoms with Crippen LogP contribution < -0.4 is 0 Å². The van der Waals surface area contributed by atoms with Gasteiger partial charge in [0, 0.05) is 21.5 Å². The Hall–Kier alpha value is 0.810. The summed E-state index contributed by atoms with van der Waals surface area (Å²) in [5, 5.41) is 0. The van der Waals surface area contributed by atoms with Gasteiger partial charge in [-0.25, -0.2) is 7.84 Å². The van der Waals surface area contributed by atoms with E-state index in [0.717, 1.165) is 0 Å². The Labute approximate surface area is 91.8 Å². The van der Waals surface area contributed by atoms with Crippen LogP contribution in [0, 0.1) is 0 Å². The molecule has 0 fully saturated rings. The third-order valence-electron chi connectivity index (χ3n) is 0.658. The molecule has 0 aromatic heterocycles. The molecule has 0 N–H and O–H groups in total. The second kappa shape index (κ2) is 5.05. The Balaban J connectivity index is 3.78. The molecule has 0 saturated heterocycles. The van der Waals surface area contributed by atoms with Gasteiger partial charge in [-0.1, -0.05) is 0 Å². The molecule has 0 rings (SSSR count). The first kappa shape index (κ1) is 13.8. The van der Waals surface area contributed by atoms with Crippen molar-refractivity contribution in [3.8, 4) is 0 Å². The van der Waals surface area contributed by atoms with Gasteiger partial charge in [0.05, 0.1) is 0 Å². The molecule has 5 heteroatoms. The highest BCUT2D eigenvalue weighted by Gasteiger charge is 2.20. The maximum atomic E-state index is 11.3. The standard InChI is InChI=1S/C8H18O2S3/c1-7(2,3)11-10-13(9)12-8(4,5)6/h1-6H3. The third-order valence-corrected chi connectivity index (χ3v) is 4.92. The topological polar surface area (TPSA) is 26.3 Å². The van der Waals surface area contributed by atoms with E-state index in [-0.39, 0.29) is 9.49 Å². The summed E-state index contributed by atoms with van der Waals surface area (Å²) in [4.78, 5) is 0. The minimum absolute atomic E-state index is 0.00585. The monoisotopic (exact) mass is 242 g/mol. The molecular formula is C8H18O2S3. The molecule has 0 heterocycles. The fourth-order valence-corrected chi connectivity index (χ4v) is 3.63. The van der Waals surface area contributed by atoms with Gasteiger partial charge in [0.15, 0.2) is 0 Å². The Morgan fingerprint density at radius 1 is 1.00 bits per heavy atom. The SMILES string of the molecule is CC(C)(C)SOS(=O)SC(C)(C)C. The molecule has 1 atom stereocenters. The minimum atomic E-state index is -1.26. The van der Waals surface area contributed by atoms with E-state index in [2.05, 4.69) is 0 Å². The quantitative estimate of drug-likeness (QED) is 0.558. The molecule has 0 aromatic carbocycles. The van der Waals surface area contributed by atoms with Crippen molar-refractivity contribution in [3.63, 3.8) is 0 Å². The Morgan fingerprint density at radius 2 is 1.46 bits per heavy atom. The average Bonchev–Trinajstić information content (AvgIpc) is 1.78. The Bertz CT molecular complexity index is 179. The minimum Gasteiger partial charge on any atom is -0.216 e. The van der Waals surface area contributed by atoms with E-state index < -0.39 is 10.1 Å². The molecule has 0 saturated carbocycles. The average molecular weight is 242 g/mol. The zero-order chi connectivity index (χ0) is 10.7. The maximum absolute atomic E-state index is 11.3. The molecule has 0 spiro atoms. The molecule has 0 aromatic rings. The first-order valence-corrected chi connectivity index (χ1v) is 7.22. The fraction of sp³-hybridized carbons (Fsp3) is 1.00. The van der Waals surface area contributed by atoms with Crippen molar-refractivity contribution in [2.24, 2.45) is 0 Å². The van der Waals surface area contributed by atoms with Gasteiger partial charge in [0.25, 0.3) is 0 Å². The van der Waals surface area contributed by atoms with E-state index in [9.17, 15) is 4.21 Å². The molecule has 0 radical (unpaired) electrons. The highest BCUT2D eigenvalue weighted by Crippen LogP contribution is 2.33. The van der Waals surface area contributed by atoms with E-state index in [0.29, 0.717) is 0 Å². The van der Waals surface area contributed by atoms with Gasteiger partial charge in [-0.15, -0.1) is 0 Å². The van der Waals surface area contributed by atoms with Crippen LogP contribution in [-0.4, -0.2) is 13.7 Å². The van der Waals surface area contributed by atoms with E-state index in [1.54, 1.807) is 0 Å². The lowest BCUT2D eigenvalue weighted by molar-refractivity contribution is 0.611. The van der Waals surface area contributed by atoms with Crippen LogP contribution >= 0.6 is 22.8 Å². The van der Waals surface area contributed by atoms with Crippen molar-refractivity contribution in [1.82, 2.24) is 0 Å². The van der Waals surface area contributed by atoms with Gasteiger partial charge in [-0.05, 0) is 52.3 Å². The van der Waals surface area contributed by atoms with Crippen LogP contribution in [0.15, 0.2) is 0 Å². The van der Waals surface area contributed by atoms with Crippen molar-refractivity contribution in [2.75, 3.05) is 0 Å². The predicted molar refractivity (Wildman–Crippen MR) is 63.9 cm³/mol.